The van der Waals surface area contributed by atoms with Crippen LogP contribution in [0.4, 0.5) is 10.7 Å². The minimum atomic E-state index is -0.123. The molecular weight excluding hydrogens is 310 g/mol. The summed E-state index contributed by atoms with van der Waals surface area (Å²) in [5, 5.41) is 3.42. The second-order valence-electron chi connectivity index (χ2n) is 5.46. The van der Waals surface area contributed by atoms with E-state index in [2.05, 4.69) is 22.3 Å². The number of hydrogen-bond donors (Lipinski definition) is 1. The zero-order valence-electron chi connectivity index (χ0n) is 13.0. The summed E-state index contributed by atoms with van der Waals surface area (Å²) in [6.45, 7) is 4.55. The van der Waals surface area contributed by atoms with Gasteiger partial charge in [-0.25, -0.2) is 0 Å². The Bertz CT molecular complexity index is 691. The number of carbonyl (C=O) groups is 2. The number of nitrogens with zero attached hydrogens (tertiary/aromatic N) is 2. The van der Waals surface area contributed by atoms with Gasteiger partial charge in [-0.15, -0.1) is 11.3 Å². The van der Waals surface area contributed by atoms with E-state index in [4.69, 9.17) is 0 Å². The molecule has 0 saturated carbocycles. The average Bonchev–Trinajstić information content (AvgIpc) is 3.03. The van der Waals surface area contributed by atoms with Gasteiger partial charge in [-0.3, -0.25) is 9.59 Å². The Morgan fingerprint density at radius 2 is 1.70 bits per heavy atom. The van der Waals surface area contributed by atoms with Crippen LogP contribution in [0.5, 0.6) is 0 Å². The molecule has 0 spiro atoms. The maximum atomic E-state index is 12.5. The highest BCUT2D eigenvalue weighted by atomic mass is 32.1. The molecule has 1 N–H and O–H groups in total. The van der Waals surface area contributed by atoms with Crippen LogP contribution in [0, 0.1) is 0 Å². The SMILES string of the molecule is CC(=O)Nc1ccc(C(=O)N2CCN(c3ccccc3)CC2)s1. The molecule has 2 heterocycles. The monoisotopic (exact) mass is 329 g/mol. The summed E-state index contributed by atoms with van der Waals surface area (Å²) in [5.41, 5.74) is 1.20. The quantitative estimate of drug-likeness (QED) is 0.942. The van der Waals surface area contributed by atoms with E-state index in [-0.39, 0.29) is 11.8 Å². The molecule has 0 aliphatic carbocycles. The highest BCUT2D eigenvalue weighted by Gasteiger charge is 2.23. The van der Waals surface area contributed by atoms with Gasteiger partial charge in [0.05, 0.1) is 9.88 Å². The normalized spacial score (nSPS) is 14.7. The Balaban J connectivity index is 1.60. The van der Waals surface area contributed by atoms with E-state index in [0.717, 1.165) is 13.1 Å². The second kappa shape index (κ2) is 6.83. The Morgan fingerprint density at radius 1 is 1.00 bits per heavy atom. The van der Waals surface area contributed by atoms with Gasteiger partial charge in [-0.1, -0.05) is 18.2 Å². The van der Waals surface area contributed by atoms with Gasteiger partial charge in [-0.2, -0.15) is 0 Å². The molecule has 0 unspecified atom stereocenters. The van der Waals surface area contributed by atoms with Gasteiger partial charge in [0, 0.05) is 38.8 Å². The van der Waals surface area contributed by atoms with Crippen molar-refractivity contribution in [2.24, 2.45) is 0 Å². The predicted molar refractivity (Wildman–Crippen MR) is 93.2 cm³/mol. The second-order valence-corrected chi connectivity index (χ2v) is 6.54. The van der Waals surface area contributed by atoms with Crippen molar-refractivity contribution in [3.05, 3.63) is 47.3 Å². The van der Waals surface area contributed by atoms with Crippen LogP contribution < -0.4 is 10.2 Å². The van der Waals surface area contributed by atoms with E-state index in [9.17, 15) is 9.59 Å². The molecule has 0 radical (unpaired) electrons. The molecule has 6 heteroatoms. The van der Waals surface area contributed by atoms with E-state index in [0.29, 0.717) is 23.0 Å². The van der Waals surface area contributed by atoms with Crippen LogP contribution in [0.15, 0.2) is 42.5 Å². The molecule has 1 aromatic heterocycles. The summed E-state index contributed by atoms with van der Waals surface area (Å²) in [7, 11) is 0. The Labute approximate surface area is 139 Å². The first-order valence-electron chi connectivity index (χ1n) is 7.60. The molecular formula is C17H19N3O2S. The van der Waals surface area contributed by atoms with Crippen molar-refractivity contribution >= 4 is 33.8 Å². The van der Waals surface area contributed by atoms with E-state index >= 15 is 0 Å². The third-order valence-corrected chi connectivity index (χ3v) is 4.79. The van der Waals surface area contributed by atoms with Crippen molar-refractivity contribution in [3.8, 4) is 0 Å². The minimum absolute atomic E-state index is 0.0410. The standard InChI is InChI=1S/C17H19N3O2S/c1-13(21)18-16-8-7-15(23-16)17(22)20-11-9-19(10-12-20)14-5-3-2-4-6-14/h2-8H,9-12H2,1H3,(H,18,21). The van der Waals surface area contributed by atoms with Crippen LogP contribution in [-0.4, -0.2) is 42.9 Å². The molecule has 3 rings (SSSR count). The lowest BCUT2D eigenvalue weighted by Gasteiger charge is -2.35. The summed E-state index contributed by atoms with van der Waals surface area (Å²) >= 11 is 1.32. The highest BCUT2D eigenvalue weighted by Crippen LogP contribution is 2.24. The summed E-state index contributed by atoms with van der Waals surface area (Å²) < 4.78 is 0. The maximum absolute atomic E-state index is 12.5. The molecule has 1 fully saturated rings. The van der Waals surface area contributed by atoms with Crippen LogP contribution in [0.3, 0.4) is 0 Å². The number of anilines is 2. The van der Waals surface area contributed by atoms with E-state index in [1.54, 1.807) is 12.1 Å². The molecule has 1 aromatic carbocycles. The Hall–Kier alpha value is -2.34. The zero-order valence-corrected chi connectivity index (χ0v) is 13.8. The molecule has 1 saturated heterocycles. The fourth-order valence-corrected chi connectivity index (χ4v) is 3.58. The fraction of sp³-hybridized carbons (Fsp3) is 0.294. The first kappa shape index (κ1) is 15.6. The van der Waals surface area contributed by atoms with Crippen molar-refractivity contribution in [1.82, 2.24) is 4.90 Å². The van der Waals surface area contributed by atoms with Gasteiger partial charge < -0.3 is 15.1 Å². The number of para-hydroxylation sites is 1. The lowest BCUT2D eigenvalue weighted by atomic mass is 10.2. The van der Waals surface area contributed by atoms with Gasteiger partial charge in [-0.05, 0) is 24.3 Å². The number of carbonyl (C=O) groups excluding carboxylic acids is 2. The molecule has 1 aliphatic heterocycles. The number of thiophene rings is 1. The van der Waals surface area contributed by atoms with E-state index in [1.165, 1.54) is 23.9 Å². The van der Waals surface area contributed by atoms with Crippen LogP contribution in [0.25, 0.3) is 0 Å². The highest BCUT2D eigenvalue weighted by molar-refractivity contribution is 7.18. The number of piperazine rings is 1. The molecule has 1 aliphatic rings. The van der Waals surface area contributed by atoms with Gasteiger partial charge >= 0.3 is 0 Å². The molecule has 0 bridgehead atoms. The van der Waals surface area contributed by atoms with Crippen molar-refractivity contribution in [3.63, 3.8) is 0 Å². The number of amides is 2. The summed E-state index contributed by atoms with van der Waals surface area (Å²) in [6, 6.07) is 13.8. The maximum Gasteiger partial charge on any atom is 0.264 e. The zero-order chi connectivity index (χ0) is 16.2. The first-order chi connectivity index (χ1) is 11.1. The van der Waals surface area contributed by atoms with Crippen LogP contribution in [-0.2, 0) is 4.79 Å². The van der Waals surface area contributed by atoms with E-state index < -0.39 is 0 Å². The number of benzene rings is 1. The number of rotatable bonds is 3. The van der Waals surface area contributed by atoms with Gasteiger partial charge in [0.2, 0.25) is 5.91 Å². The van der Waals surface area contributed by atoms with Crippen molar-refractivity contribution in [1.29, 1.82) is 0 Å². The summed E-state index contributed by atoms with van der Waals surface area (Å²) in [5.74, 6) is -0.0818. The van der Waals surface area contributed by atoms with E-state index in [1.807, 2.05) is 23.1 Å². The molecule has 2 amide bonds. The van der Waals surface area contributed by atoms with Crippen LogP contribution in [0.1, 0.15) is 16.6 Å². The topological polar surface area (TPSA) is 52.7 Å². The molecule has 5 nitrogen and oxygen atoms in total. The van der Waals surface area contributed by atoms with Crippen molar-refractivity contribution in [2.75, 3.05) is 36.4 Å². The number of nitrogens with one attached hydrogen (secondary N) is 1. The Morgan fingerprint density at radius 3 is 2.35 bits per heavy atom. The fourth-order valence-electron chi connectivity index (χ4n) is 2.66. The first-order valence-corrected chi connectivity index (χ1v) is 8.42. The summed E-state index contributed by atoms with van der Waals surface area (Å²) in [4.78, 5) is 28.4. The van der Waals surface area contributed by atoms with Crippen molar-refractivity contribution < 1.29 is 9.59 Å². The third-order valence-electron chi connectivity index (χ3n) is 3.80. The lowest BCUT2D eigenvalue weighted by Crippen LogP contribution is -2.48. The van der Waals surface area contributed by atoms with Crippen LogP contribution >= 0.6 is 11.3 Å². The Kier molecular flexibility index (Phi) is 4.62. The molecule has 120 valence electrons. The minimum Gasteiger partial charge on any atom is -0.368 e. The van der Waals surface area contributed by atoms with Gasteiger partial charge in [0.1, 0.15) is 0 Å². The van der Waals surface area contributed by atoms with Crippen molar-refractivity contribution in [2.45, 2.75) is 6.92 Å². The molecule has 23 heavy (non-hydrogen) atoms. The predicted octanol–water partition coefficient (Wildman–Crippen LogP) is 2.67. The van der Waals surface area contributed by atoms with Crippen LogP contribution in [0.2, 0.25) is 0 Å². The largest absolute Gasteiger partial charge is 0.368 e. The van der Waals surface area contributed by atoms with Gasteiger partial charge in [0.25, 0.3) is 5.91 Å². The lowest BCUT2D eigenvalue weighted by molar-refractivity contribution is -0.114. The third kappa shape index (κ3) is 3.71. The average molecular weight is 329 g/mol. The van der Waals surface area contributed by atoms with Gasteiger partial charge in [0.15, 0.2) is 0 Å². The molecule has 2 aromatic rings. The molecule has 0 atom stereocenters. The number of hydrogen-bond acceptors (Lipinski definition) is 4. The smallest absolute Gasteiger partial charge is 0.264 e. The summed E-state index contributed by atoms with van der Waals surface area (Å²) in [6.07, 6.45) is 0.